The minimum Gasteiger partial charge on any atom is -0.338 e. The van der Waals surface area contributed by atoms with Gasteiger partial charge in [-0.25, -0.2) is 4.39 Å². The summed E-state index contributed by atoms with van der Waals surface area (Å²) in [5.41, 5.74) is 0.851. The Morgan fingerprint density at radius 2 is 2.16 bits per heavy atom. The number of carbonyl (C=O) groups is 1. The number of piperidine rings is 1. The van der Waals surface area contributed by atoms with Crippen LogP contribution in [0.5, 0.6) is 0 Å². The van der Waals surface area contributed by atoms with E-state index in [1.54, 1.807) is 6.07 Å². The SMILES string of the molecule is CCN(Cc1cccc(F)c1)C(=O)C1CCNCC1. The van der Waals surface area contributed by atoms with Gasteiger partial charge in [0, 0.05) is 19.0 Å². The summed E-state index contributed by atoms with van der Waals surface area (Å²) < 4.78 is 13.2. The molecule has 1 aliphatic heterocycles. The first kappa shape index (κ1) is 14.0. The third kappa shape index (κ3) is 3.77. The lowest BCUT2D eigenvalue weighted by Gasteiger charge is -2.29. The zero-order valence-electron chi connectivity index (χ0n) is 11.4. The summed E-state index contributed by atoms with van der Waals surface area (Å²) >= 11 is 0. The first-order valence-electron chi connectivity index (χ1n) is 6.94. The topological polar surface area (TPSA) is 32.3 Å². The molecule has 1 fully saturated rings. The number of hydrogen-bond donors (Lipinski definition) is 1. The van der Waals surface area contributed by atoms with Crippen LogP contribution in [0.15, 0.2) is 24.3 Å². The zero-order chi connectivity index (χ0) is 13.7. The van der Waals surface area contributed by atoms with Crippen LogP contribution in [0, 0.1) is 11.7 Å². The number of carbonyl (C=O) groups excluding carboxylic acids is 1. The molecule has 1 aliphatic rings. The summed E-state index contributed by atoms with van der Waals surface area (Å²) in [5, 5.41) is 3.26. The summed E-state index contributed by atoms with van der Waals surface area (Å²) in [5.74, 6) is 0.0749. The van der Waals surface area contributed by atoms with E-state index in [0.29, 0.717) is 13.1 Å². The lowest BCUT2D eigenvalue weighted by atomic mass is 9.96. The number of nitrogens with one attached hydrogen (secondary N) is 1. The van der Waals surface area contributed by atoms with Gasteiger partial charge in [0.05, 0.1) is 0 Å². The fourth-order valence-corrected chi connectivity index (χ4v) is 2.53. The van der Waals surface area contributed by atoms with E-state index >= 15 is 0 Å². The van der Waals surface area contributed by atoms with E-state index in [1.807, 2.05) is 17.9 Å². The smallest absolute Gasteiger partial charge is 0.226 e. The largest absolute Gasteiger partial charge is 0.338 e. The van der Waals surface area contributed by atoms with Crippen molar-refractivity contribution in [3.63, 3.8) is 0 Å². The maximum atomic E-state index is 13.2. The highest BCUT2D eigenvalue weighted by Gasteiger charge is 2.25. The summed E-state index contributed by atoms with van der Waals surface area (Å²) in [6.45, 7) is 4.95. The van der Waals surface area contributed by atoms with Gasteiger partial charge in [-0.3, -0.25) is 4.79 Å². The van der Waals surface area contributed by atoms with Crippen LogP contribution >= 0.6 is 0 Å². The Morgan fingerprint density at radius 3 is 2.79 bits per heavy atom. The van der Waals surface area contributed by atoms with Crippen molar-refractivity contribution in [2.24, 2.45) is 5.92 Å². The van der Waals surface area contributed by atoms with E-state index in [-0.39, 0.29) is 17.6 Å². The fourth-order valence-electron chi connectivity index (χ4n) is 2.53. The molecule has 0 bridgehead atoms. The summed E-state index contributed by atoms with van der Waals surface area (Å²) in [6, 6.07) is 6.47. The molecule has 1 saturated heterocycles. The van der Waals surface area contributed by atoms with E-state index in [1.165, 1.54) is 12.1 Å². The van der Waals surface area contributed by atoms with Gasteiger partial charge in [0.25, 0.3) is 0 Å². The minimum absolute atomic E-state index is 0.120. The van der Waals surface area contributed by atoms with Gasteiger partial charge in [-0.15, -0.1) is 0 Å². The van der Waals surface area contributed by atoms with Gasteiger partial charge in [0.2, 0.25) is 5.91 Å². The van der Waals surface area contributed by atoms with Crippen molar-refractivity contribution in [3.8, 4) is 0 Å². The van der Waals surface area contributed by atoms with E-state index in [2.05, 4.69) is 5.32 Å². The van der Waals surface area contributed by atoms with Crippen LogP contribution in [-0.4, -0.2) is 30.4 Å². The predicted octanol–water partition coefficient (Wildman–Crippen LogP) is 2.17. The van der Waals surface area contributed by atoms with E-state index in [9.17, 15) is 9.18 Å². The Kier molecular flexibility index (Phi) is 4.91. The van der Waals surface area contributed by atoms with Crippen molar-refractivity contribution in [3.05, 3.63) is 35.6 Å². The third-order valence-electron chi connectivity index (χ3n) is 3.64. The van der Waals surface area contributed by atoms with Gasteiger partial charge >= 0.3 is 0 Å². The van der Waals surface area contributed by atoms with E-state index in [0.717, 1.165) is 31.5 Å². The van der Waals surface area contributed by atoms with Gasteiger partial charge in [0.15, 0.2) is 0 Å². The third-order valence-corrected chi connectivity index (χ3v) is 3.64. The van der Waals surface area contributed by atoms with Crippen LogP contribution in [0.3, 0.4) is 0 Å². The van der Waals surface area contributed by atoms with E-state index in [4.69, 9.17) is 0 Å². The molecule has 1 N–H and O–H groups in total. The van der Waals surface area contributed by atoms with Crippen molar-refractivity contribution in [2.75, 3.05) is 19.6 Å². The molecule has 1 amide bonds. The first-order chi connectivity index (χ1) is 9.20. The molecule has 0 radical (unpaired) electrons. The lowest BCUT2D eigenvalue weighted by Crippen LogP contribution is -2.40. The molecule has 0 spiro atoms. The van der Waals surface area contributed by atoms with Crippen LogP contribution in [0.2, 0.25) is 0 Å². The Morgan fingerprint density at radius 1 is 1.42 bits per heavy atom. The van der Waals surface area contributed by atoms with Gasteiger partial charge in [0.1, 0.15) is 5.82 Å². The number of rotatable bonds is 4. The second-order valence-corrected chi connectivity index (χ2v) is 5.01. The molecule has 0 unspecified atom stereocenters. The lowest BCUT2D eigenvalue weighted by molar-refractivity contribution is -0.136. The van der Waals surface area contributed by atoms with Gasteiger partial charge < -0.3 is 10.2 Å². The highest BCUT2D eigenvalue weighted by molar-refractivity contribution is 5.79. The molecule has 1 aromatic carbocycles. The highest BCUT2D eigenvalue weighted by Crippen LogP contribution is 2.17. The fraction of sp³-hybridized carbons (Fsp3) is 0.533. The van der Waals surface area contributed by atoms with Crippen molar-refractivity contribution in [2.45, 2.75) is 26.3 Å². The molecule has 0 saturated carbocycles. The van der Waals surface area contributed by atoms with Crippen LogP contribution in [0.1, 0.15) is 25.3 Å². The van der Waals surface area contributed by atoms with Crippen LogP contribution in [0.4, 0.5) is 4.39 Å². The molecule has 0 aliphatic carbocycles. The van der Waals surface area contributed by atoms with Crippen molar-refractivity contribution in [1.82, 2.24) is 10.2 Å². The Bertz CT molecular complexity index is 430. The average molecular weight is 264 g/mol. The average Bonchev–Trinajstić information content (AvgIpc) is 2.45. The van der Waals surface area contributed by atoms with Gasteiger partial charge in [-0.1, -0.05) is 12.1 Å². The normalized spacial score (nSPS) is 16.3. The van der Waals surface area contributed by atoms with Crippen LogP contribution in [-0.2, 0) is 11.3 Å². The molecule has 0 atom stereocenters. The van der Waals surface area contributed by atoms with Crippen molar-refractivity contribution >= 4 is 5.91 Å². The Balaban J connectivity index is 2.00. The van der Waals surface area contributed by atoms with Crippen molar-refractivity contribution in [1.29, 1.82) is 0 Å². The summed E-state index contributed by atoms with van der Waals surface area (Å²) in [6.07, 6.45) is 1.80. The predicted molar refractivity (Wildman–Crippen MR) is 73.1 cm³/mol. The minimum atomic E-state index is -0.247. The van der Waals surface area contributed by atoms with Crippen LogP contribution in [0.25, 0.3) is 0 Å². The zero-order valence-corrected chi connectivity index (χ0v) is 11.4. The quantitative estimate of drug-likeness (QED) is 0.904. The molecule has 0 aromatic heterocycles. The molecular formula is C15H21FN2O. The van der Waals surface area contributed by atoms with E-state index < -0.39 is 0 Å². The molecule has 1 aromatic rings. The molecule has 104 valence electrons. The first-order valence-corrected chi connectivity index (χ1v) is 6.94. The molecule has 3 nitrogen and oxygen atoms in total. The van der Waals surface area contributed by atoms with Gasteiger partial charge in [-0.05, 0) is 50.6 Å². The number of nitrogens with zero attached hydrogens (tertiary/aromatic N) is 1. The molecule has 4 heteroatoms. The maximum Gasteiger partial charge on any atom is 0.226 e. The number of halogens is 1. The standard InChI is InChI=1S/C15H21FN2O/c1-2-18(11-12-4-3-5-14(16)10-12)15(19)13-6-8-17-9-7-13/h3-5,10,13,17H,2,6-9,11H2,1H3. The number of benzene rings is 1. The van der Waals surface area contributed by atoms with Crippen LogP contribution < -0.4 is 5.32 Å². The second kappa shape index (κ2) is 6.66. The molecule has 1 heterocycles. The molecular weight excluding hydrogens is 243 g/mol. The van der Waals surface area contributed by atoms with Gasteiger partial charge in [-0.2, -0.15) is 0 Å². The summed E-state index contributed by atoms with van der Waals surface area (Å²) in [4.78, 5) is 14.2. The monoisotopic (exact) mass is 264 g/mol. The molecule has 2 rings (SSSR count). The maximum absolute atomic E-state index is 13.2. The second-order valence-electron chi connectivity index (χ2n) is 5.01. The number of amides is 1. The highest BCUT2D eigenvalue weighted by atomic mass is 19.1. The van der Waals surface area contributed by atoms with Crippen molar-refractivity contribution < 1.29 is 9.18 Å². The Hall–Kier alpha value is -1.42. The summed E-state index contributed by atoms with van der Waals surface area (Å²) in [7, 11) is 0. The Labute approximate surface area is 113 Å². The number of hydrogen-bond acceptors (Lipinski definition) is 2. The molecule has 19 heavy (non-hydrogen) atoms.